The van der Waals surface area contributed by atoms with Crippen molar-refractivity contribution in [3.63, 3.8) is 0 Å². The Morgan fingerprint density at radius 1 is 1.14 bits per heavy atom. The van der Waals surface area contributed by atoms with E-state index in [1.807, 2.05) is 0 Å². The molecule has 4 heterocycles. The van der Waals surface area contributed by atoms with Gasteiger partial charge in [-0.2, -0.15) is 0 Å². The van der Waals surface area contributed by atoms with Gasteiger partial charge in [0.2, 0.25) is 5.43 Å². The van der Waals surface area contributed by atoms with Crippen LogP contribution in [0.3, 0.4) is 0 Å². The number of ether oxygens (including phenoxy) is 2. The second-order valence-corrected chi connectivity index (χ2v) is 10.7. The second kappa shape index (κ2) is 10.4. The Hall–Kier alpha value is -4.59. The highest BCUT2D eigenvalue weighted by atomic mass is 19.1. The number of rotatable bonds is 8. The highest BCUT2D eigenvalue weighted by Gasteiger charge is 2.38. The van der Waals surface area contributed by atoms with Crippen molar-refractivity contribution in [2.24, 2.45) is 5.73 Å². The maximum atomic E-state index is 15.2. The molecule has 42 heavy (non-hydrogen) atoms. The molecule has 2 saturated heterocycles. The number of carboxylic acid groups (broad SMARTS) is 1. The van der Waals surface area contributed by atoms with Gasteiger partial charge < -0.3 is 29.8 Å². The number of ketones is 1. The Balaban J connectivity index is 1.19. The van der Waals surface area contributed by atoms with Crippen molar-refractivity contribution >= 4 is 40.4 Å². The molecule has 1 aromatic carbocycles. The molecule has 3 aliphatic rings. The average Bonchev–Trinajstić information content (AvgIpc) is 3.56. The molecule has 3 unspecified atom stereocenters. The lowest BCUT2D eigenvalue weighted by atomic mass is 10.1. The monoisotopic (exact) mass is 583 g/mol. The number of fused-ring (bicyclic) bond motifs is 1. The zero-order valence-electron chi connectivity index (χ0n) is 22.5. The van der Waals surface area contributed by atoms with Crippen LogP contribution >= 0.6 is 0 Å². The molecule has 1 saturated carbocycles. The van der Waals surface area contributed by atoms with Crippen molar-refractivity contribution in [3.05, 3.63) is 57.9 Å². The van der Waals surface area contributed by atoms with Gasteiger partial charge in [0.25, 0.3) is 0 Å². The Bertz CT molecular complexity index is 1690. The lowest BCUT2D eigenvalue weighted by molar-refractivity contribution is -0.120. The topological polar surface area (TPSA) is 157 Å². The Labute approximate surface area is 237 Å². The molecule has 220 valence electrons. The molecule has 1 amide bonds. The smallest absolute Gasteiger partial charge is 0.414 e. The van der Waals surface area contributed by atoms with Crippen molar-refractivity contribution in [2.75, 3.05) is 29.4 Å². The van der Waals surface area contributed by atoms with E-state index < -0.39 is 52.9 Å². The van der Waals surface area contributed by atoms with Gasteiger partial charge in [-0.1, -0.05) is 0 Å². The molecule has 2 aliphatic heterocycles. The van der Waals surface area contributed by atoms with Gasteiger partial charge >= 0.3 is 12.1 Å². The van der Waals surface area contributed by atoms with Gasteiger partial charge in [-0.05, 0) is 38.0 Å². The predicted octanol–water partition coefficient (Wildman–Crippen LogP) is 2.61. The molecule has 6 rings (SSSR count). The third kappa shape index (κ3) is 4.91. The minimum Gasteiger partial charge on any atom is -0.485 e. The van der Waals surface area contributed by atoms with Crippen molar-refractivity contribution in [2.45, 2.75) is 50.5 Å². The number of carbonyl (C=O) groups is 3. The fraction of sp³-hybridized carbons (Fsp3) is 0.393. The number of amides is 1. The summed E-state index contributed by atoms with van der Waals surface area (Å²) in [4.78, 5) is 55.4. The van der Waals surface area contributed by atoms with Crippen molar-refractivity contribution in [1.29, 1.82) is 0 Å². The first-order valence-electron chi connectivity index (χ1n) is 13.5. The number of hydrogen-bond donors (Lipinski definition) is 2. The molecular weight excluding hydrogens is 556 g/mol. The molecule has 12 nitrogen and oxygen atoms in total. The van der Waals surface area contributed by atoms with E-state index in [1.165, 1.54) is 30.2 Å². The van der Waals surface area contributed by atoms with Crippen LogP contribution in [0.4, 0.5) is 25.1 Å². The molecule has 3 aromatic rings. The van der Waals surface area contributed by atoms with Crippen LogP contribution in [0.15, 0.2) is 35.3 Å². The first kappa shape index (κ1) is 27.6. The highest BCUT2D eigenvalue weighted by molar-refractivity contribution is 5.92. The zero-order valence-corrected chi connectivity index (χ0v) is 22.5. The highest BCUT2D eigenvalue weighted by Crippen LogP contribution is 2.37. The van der Waals surface area contributed by atoms with E-state index >= 15 is 8.78 Å². The Morgan fingerprint density at radius 2 is 1.90 bits per heavy atom. The predicted molar refractivity (Wildman–Crippen MR) is 145 cm³/mol. The van der Waals surface area contributed by atoms with Gasteiger partial charge in [-0.3, -0.25) is 14.5 Å². The third-order valence-corrected chi connectivity index (χ3v) is 7.78. The number of carbonyl (C=O) groups excluding carboxylic acids is 2. The number of hydrogen-bond acceptors (Lipinski definition) is 9. The lowest BCUT2D eigenvalue weighted by Crippen LogP contribution is -2.43. The normalized spacial score (nSPS) is 21.1. The van der Waals surface area contributed by atoms with Crippen LogP contribution < -0.4 is 25.7 Å². The van der Waals surface area contributed by atoms with E-state index in [0.717, 1.165) is 25.0 Å². The minimum absolute atomic E-state index is 0.00661. The van der Waals surface area contributed by atoms with E-state index in [2.05, 4.69) is 4.98 Å². The first-order chi connectivity index (χ1) is 20.0. The van der Waals surface area contributed by atoms with Crippen LogP contribution in [0, 0.1) is 11.6 Å². The van der Waals surface area contributed by atoms with Crippen LogP contribution in [-0.4, -0.2) is 70.4 Å². The van der Waals surface area contributed by atoms with E-state index in [1.54, 1.807) is 9.47 Å². The average molecular weight is 584 g/mol. The Kier molecular flexibility index (Phi) is 6.80. The summed E-state index contributed by atoms with van der Waals surface area (Å²) >= 11 is 0. The summed E-state index contributed by atoms with van der Waals surface area (Å²) < 4.78 is 42.9. The number of aromatic carboxylic acids is 1. The van der Waals surface area contributed by atoms with Crippen LogP contribution in [0.2, 0.25) is 0 Å². The number of anilines is 2. The molecule has 2 aromatic heterocycles. The van der Waals surface area contributed by atoms with E-state index in [9.17, 15) is 24.3 Å². The van der Waals surface area contributed by atoms with Gasteiger partial charge in [0.05, 0.1) is 24.2 Å². The van der Waals surface area contributed by atoms with Gasteiger partial charge in [0, 0.05) is 31.3 Å². The van der Waals surface area contributed by atoms with E-state index in [4.69, 9.17) is 15.2 Å². The number of pyridine rings is 2. The number of carboxylic acids is 1. The third-order valence-electron chi connectivity index (χ3n) is 7.78. The molecule has 1 aliphatic carbocycles. The SMILES string of the molecule is CC(=O)C(N)C1CN(c2ccc(OC3CCN(c4nc5c(cc4F)c(=O)c(C(=O)O)cn5C4CC4)C3)c(F)c2)C(=O)O1. The Morgan fingerprint density at radius 3 is 2.57 bits per heavy atom. The molecule has 14 heteroatoms. The van der Waals surface area contributed by atoms with Crippen LogP contribution in [-0.2, 0) is 9.53 Å². The molecular formula is C28H27F2N5O7. The van der Waals surface area contributed by atoms with Crippen LogP contribution in [0.1, 0.15) is 42.6 Å². The van der Waals surface area contributed by atoms with Gasteiger partial charge in [0.1, 0.15) is 35.2 Å². The summed E-state index contributed by atoms with van der Waals surface area (Å²) in [5.74, 6) is -3.30. The van der Waals surface area contributed by atoms with Crippen LogP contribution in [0.25, 0.3) is 11.0 Å². The first-order valence-corrected chi connectivity index (χ1v) is 13.5. The number of cyclic esters (lactones) is 1. The number of nitrogens with zero attached hydrogens (tertiary/aromatic N) is 4. The quantitative estimate of drug-likeness (QED) is 0.404. The number of Topliss-reactive ketones (excluding diaryl/α,β-unsaturated/α-hetero) is 1. The number of nitrogens with two attached hydrogens (primary N) is 1. The maximum absolute atomic E-state index is 15.2. The second-order valence-electron chi connectivity index (χ2n) is 10.7. The van der Waals surface area contributed by atoms with Crippen LogP contribution in [0.5, 0.6) is 5.75 Å². The molecule has 0 bridgehead atoms. The molecule has 0 radical (unpaired) electrons. The summed E-state index contributed by atoms with van der Waals surface area (Å²) in [6.45, 7) is 1.82. The summed E-state index contributed by atoms with van der Waals surface area (Å²) in [6, 6.07) is 4.01. The largest absolute Gasteiger partial charge is 0.485 e. The summed E-state index contributed by atoms with van der Waals surface area (Å²) in [6.07, 6.45) is 1.17. The van der Waals surface area contributed by atoms with E-state index in [0.29, 0.717) is 13.0 Å². The molecule has 3 fully saturated rings. The molecule has 3 atom stereocenters. The lowest BCUT2D eigenvalue weighted by Gasteiger charge is -2.21. The molecule has 0 spiro atoms. The fourth-order valence-corrected chi connectivity index (χ4v) is 5.34. The zero-order chi connectivity index (χ0) is 29.9. The van der Waals surface area contributed by atoms with E-state index in [-0.39, 0.29) is 53.2 Å². The standard InChI is InChI=1S/C28H27F2N5O7/c1-13(36)23(31)22-12-35(28(40)42-22)15-4-5-21(19(29)8-15)41-16-6-7-33(10-16)26-20(30)9-17-24(37)18(27(38)39)11-34(14-2-3-14)25(17)32-26/h4-5,8-9,11,14,16,22-23H,2-3,6-7,10,12,31H2,1H3,(H,38,39). The number of halogens is 2. The number of benzene rings is 1. The van der Waals surface area contributed by atoms with Gasteiger partial charge in [-0.15, -0.1) is 0 Å². The van der Waals surface area contributed by atoms with Gasteiger partial charge in [-0.25, -0.2) is 23.4 Å². The van der Waals surface area contributed by atoms with Crippen molar-refractivity contribution in [3.8, 4) is 5.75 Å². The summed E-state index contributed by atoms with van der Waals surface area (Å²) in [7, 11) is 0. The minimum atomic E-state index is -1.39. The maximum Gasteiger partial charge on any atom is 0.414 e. The summed E-state index contributed by atoms with van der Waals surface area (Å²) in [5, 5.41) is 9.33. The molecule has 3 N–H and O–H groups in total. The fourth-order valence-electron chi connectivity index (χ4n) is 5.34. The van der Waals surface area contributed by atoms with Gasteiger partial charge in [0.15, 0.2) is 23.2 Å². The van der Waals surface area contributed by atoms with Crippen molar-refractivity contribution in [1.82, 2.24) is 9.55 Å². The number of aromatic nitrogens is 2. The summed E-state index contributed by atoms with van der Waals surface area (Å²) in [5.41, 5.74) is 4.98. The van der Waals surface area contributed by atoms with Crippen molar-refractivity contribution < 1.29 is 37.7 Å².